The highest BCUT2D eigenvalue weighted by Crippen LogP contribution is 2.42. The van der Waals surface area contributed by atoms with Gasteiger partial charge in [-0.1, -0.05) is 18.5 Å². The van der Waals surface area contributed by atoms with E-state index in [2.05, 4.69) is 9.97 Å². The highest BCUT2D eigenvalue weighted by molar-refractivity contribution is 6.35. The van der Waals surface area contributed by atoms with E-state index in [4.69, 9.17) is 20.8 Å². The van der Waals surface area contributed by atoms with Crippen molar-refractivity contribution in [1.29, 1.82) is 0 Å². The maximum atomic E-state index is 11.2. The van der Waals surface area contributed by atoms with Crippen LogP contribution in [-0.2, 0) is 11.2 Å². The minimum Gasteiger partial charge on any atom is -0.494 e. The van der Waals surface area contributed by atoms with Crippen LogP contribution in [0.3, 0.4) is 0 Å². The highest BCUT2D eigenvalue weighted by Gasteiger charge is 2.32. The molecule has 140 valence electrons. The molecule has 3 heterocycles. The first-order valence-electron chi connectivity index (χ1n) is 8.63. The topological polar surface area (TPSA) is 88.7 Å². The van der Waals surface area contributed by atoms with Gasteiger partial charge in [0.2, 0.25) is 5.89 Å². The Bertz CT molecular complexity index is 808. The Kier molecular flexibility index (Phi) is 5.36. The zero-order valence-corrected chi connectivity index (χ0v) is 15.8. The number of hydrogen-bond donors (Lipinski definition) is 1. The third kappa shape index (κ3) is 3.35. The molecule has 2 aromatic heterocycles. The van der Waals surface area contributed by atoms with Gasteiger partial charge in [0.15, 0.2) is 11.6 Å². The van der Waals surface area contributed by atoms with E-state index < -0.39 is 5.97 Å². The van der Waals surface area contributed by atoms with Crippen LogP contribution in [0.25, 0.3) is 11.5 Å². The lowest BCUT2D eigenvalue weighted by Crippen LogP contribution is -2.43. The fraction of sp³-hybridized carbons (Fsp3) is 0.500. The number of aromatic nitrogens is 2. The molecule has 1 aliphatic rings. The van der Waals surface area contributed by atoms with Crippen LogP contribution in [0.2, 0.25) is 5.02 Å². The molecule has 0 aromatic carbocycles. The van der Waals surface area contributed by atoms with Crippen LogP contribution in [0.15, 0.2) is 16.8 Å². The molecule has 8 heteroatoms. The van der Waals surface area contributed by atoms with E-state index in [1.807, 2.05) is 18.7 Å². The predicted molar refractivity (Wildman–Crippen MR) is 97.8 cm³/mol. The summed E-state index contributed by atoms with van der Waals surface area (Å²) < 4.78 is 11.2. The molecule has 7 nitrogen and oxygen atoms in total. The van der Waals surface area contributed by atoms with Crippen molar-refractivity contribution in [3.05, 3.63) is 23.2 Å². The Morgan fingerprint density at radius 1 is 1.46 bits per heavy atom. The summed E-state index contributed by atoms with van der Waals surface area (Å²) in [5.74, 6) is 1.14. The lowest BCUT2D eigenvalue weighted by Gasteiger charge is -2.37. The lowest BCUT2D eigenvalue weighted by atomic mass is 9.92. The van der Waals surface area contributed by atoms with Gasteiger partial charge in [0, 0.05) is 25.2 Å². The van der Waals surface area contributed by atoms with Crippen molar-refractivity contribution < 1.29 is 19.1 Å². The SMILES string of the molecule is CCc1cnc(-c2cnc(N3CCC(C(=O)O)CC3C)c(Cl)c2OC)o1. The second-order valence-electron chi connectivity index (χ2n) is 6.43. The van der Waals surface area contributed by atoms with Crippen LogP contribution in [0.1, 0.15) is 32.4 Å². The first-order chi connectivity index (χ1) is 12.5. The van der Waals surface area contributed by atoms with Gasteiger partial charge in [0.25, 0.3) is 0 Å². The van der Waals surface area contributed by atoms with Gasteiger partial charge in [-0.25, -0.2) is 9.97 Å². The smallest absolute Gasteiger partial charge is 0.306 e. The maximum absolute atomic E-state index is 11.2. The lowest BCUT2D eigenvalue weighted by molar-refractivity contribution is -0.142. The summed E-state index contributed by atoms with van der Waals surface area (Å²) in [7, 11) is 1.54. The number of oxazole rings is 1. The molecule has 2 atom stereocenters. The van der Waals surface area contributed by atoms with E-state index in [0.29, 0.717) is 47.4 Å². The molecule has 0 aliphatic carbocycles. The Labute approximate surface area is 156 Å². The van der Waals surface area contributed by atoms with Gasteiger partial charge in [-0.15, -0.1) is 0 Å². The number of rotatable bonds is 5. The number of carboxylic acid groups (broad SMARTS) is 1. The summed E-state index contributed by atoms with van der Waals surface area (Å²) >= 11 is 6.59. The summed E-state index contributed by atoms with van der Waals surface area (Å²) in [6, 6.07) is 0.0128. The fourth-order valence-electron chi connectivity index (χ4n) is 3.32. The molecule has 0 spiro atoms. The highest BCUT2D eigenvalue weighted by atomic mass is 35.5. The van der Waals surface area contributed by atoms with Crippen LogP contribution >= 0.6 is 11.6 Å². The van der Waals surface area contributed by atoms with Gasteiger partial charge < -0.3 is 19.2 Å². The molecule has 1 aliphatic heterocycles. The average molecular weight is 380 g/mol. The predicted octanol–water partition coefficient (Wildman–Crippen LogP) is 3.65. The molecule has 1 N–H and O–H groups in total. The van der Waals surface area contributed by atoms with Crippen LogP contribution < -0.4 is 9.64 Å². The van der Waals surface area contributed by atoms with E-state index in [1.54, 1.807) is 12.4 Å². The van der Waals surface area contributed by atoms with E-state index in [-0.39, 0.29) is 12.0 Å². The molecular weight excluding hydrogens is 358 g/mol. The maximum Gasteiger partial charge on any atom is 0.306 e. The first-order valence-corrected chi connectivity index (χ1v) is 9.01. The van der Waals surface area contributed by atoms with Crippen LogP contribution in [0.5, 0.6) is 5.75 Å². The number of halogens is 1. The zero-order chi connectivity index (χ0) is 18.8. The largest absolute Gasteiger partial charge is 0.494 e. The normalized spacial score (nSPS) is 20.2. The van der Waals surface area contributed by atoms with Crippen molar-refractivity contribution in [3.8, 4) is 17.2 Å². The molecule has 26 heavy (non-hydrogen) atoms. The summed E-state index contributed by atoms with van der Waals surface area (Å²) in [4.78, 5) is 22.0. The molecule has 2 aromatic rings. The van der Waals surface area contributed by atoms with Gasteiger partial charge in [-0.3, -0.25) is 4.79 Å². The van der Waals surface area contributed by atoms with E-state index in [0.717, 1.165) is 12.2 Å². The van der Waals surface area contributed by atoms with Crippen molar-refractivity contribution >= 4 is 23.4 Å². The molecule has 0 bridgehead atoms. The number of aliphatic carboxylic acids is 1. The van der Waals surface area contributed by atoms with Gasteiger partial charge >= 0.3 is 5.97 Å². The molecule has 2 unspecified atom stereocenters. The number of carboxylic acids is 1. The quantitative estimate of drug-likeness (QED) is 0.847. The van der Waals surface area contributed by atoms with E-state index >= 15 is 0 Å². The number of methoxy groups -OCH3 is 1. The van der Waals surface area contributed by atoms with Gasteiger partial charge in [-0.2, -0.15) is 0 Å². The molecule has 1 saturated heterocycles. The summed E-state index contributed by atoms with van der Waals surface area (Å²) in [6.07, 6.45) is 5.17. The minimum absolute atomic E-state index is 0.0128. The minimum atomic E-state index is -0.751. The zero-order valence-electron chi connectivity index (χ0n) is 15.0. The van der Waals surface area contributed by atoms with Crippen LogP contribution in [-0.4, -0.2) is 40.7 Å². The molecule has 0 saturated carbocycles. The monoisotopic (exact) mass is 379 g/mol. The fourth-order valence-corrected chi connectivity index (χ4v) is 3.66. The molecular formula is C18H22ClN3O4. The number of ether oxygens (including phenoxy) is 1. The first kappa shape index (κ1) is 18.5. The third-order valence-corrected chi connectivity index (χ3v) is 5.13. The number of hydrogen-bond acceptors (Lipinski definition) is 6. The van der Waals surface area contributed by atoms with Crippen molar-refractivity contribution in [2.75, 3.05) is 18.6 Å². The van der Waals surface area contributed by atoms with Crippen molar-refractivity contribution in [2.45, 2.75) is 39.2 Å². The second kappa shape index (κ2) is 7.53. The van der Waals surface area contributed by atoms with Crippen LogP contribution in [0, 0.1) is 5.92 Å². The van der Waals surface area contributed by atoms with Crippen molar-refractivity contribution in [1.82, 2.24) is 9.97 Å². The number of anilines is 1. The van der Waals surface area contributed by atoms with Gasteiger partial charge in [0.05, 0.1) is 24.8 Å². The Balaban J connectivity index is 1.94. The molecule has 3 rings (SSSR count). The van der Waals surface area contributed by atoms with Gasteiger partial charge in [-0.05, 0) is 19.8 Å². The van der Waals surface area contributed by atoms with Crippen molar-refractivity contribution in [3.63, 3.8) is 0 Å². The molecule has 0 radical (unpaired) electrons. The Morgan fingerprint density at radius 2 is 2.23 bits per heavy atom. The standard InChI is InChI=1S/C18H22ClN3O4/c1-4-12-8-21-17(26-12)13-9-20-16(14(19)15(13)25-3)22-6-5-11(18(23)24)7-10(22)2/h8-11H,4-7H2,1-3H3,(H,23,24). The number of aryl methyl sites for hydroxylation is 1. The Morgan fingerprint density at radius 3 is 2.81 bits per heavy atom. The number of nitrogens with zero attached hydrogens (tertiary/aromatic N) is 3. The summed E-state index contributed by atoms with van der Waals surface area (Å²) in [5.41, 5.74) is 0.592. The third-order valence-electron chi connectivity index (χ3n) is 4.79. The molecule has 1 fully saturated rings. The van der Waals surface area contributed by atoms with E-state index in [1.165, 1.54) is 7.11 Å². The number of piperidine rings is 1. The number of carbonyl (C=O) groups is 1. The summed E-state index contributed by atoms with van der Waals surface area (Å²) in [5, 5.41) is 9.61. The Hall–Kier alpha value is -2.28. The summed E-state index contributed by atoms with van der Waals surface area (Å²) in [6.45, 7) is 4.54. The second-order valence-corrected chi connectivity index (χ2v) is 6.81. The van der Waals surface area contributed by atoms with E-state index in [9.17, 15) is 9.90 Å². The van der Waals surface area contributed by atoms with Crippen molar-refractivity contribution in [2.24, 2.45) is 5.92 Å². The average Bonchev–Trinajstić information content (AvgIpc) is 3.10. The van der Waals surface area contributed by atoms with Gasteiger partial charge in [0.1, 0.15) is 10.8 Å². The molecule has 0 amide bonds. The van der Waals surface area contributed by atoms with Crippen LogP contribution in [0.4, 0.5) is 5.82 Å². The number of pyridine rings is 1.